The Bertz CT molecular complexity index is 1180. The van der Waals surface area contributed by atoms with Gasteiger partial charge in [-0.2, -0.15) is 0 Å². The predicted octanol–water partition coefficient (Wildman–Crippen LogP) is 4.74. The van der Waals surface area contributed by atoms with Gasteiger partial charge < -0.3 is 20.9 Å². The second kappa shape index (κ2) is 7.78. The van der Waals surface area contributed by atoms with Crippen LogP contribution in [0.5, 0.6) is 0 Å². The maximum Gasteiger partial charge on any atom is 0.186 e. The van der Waals surface area contributed by atoms with Crippen molar-refractivity contribution in [2.24, 2.45) is 5.73 Å². The molecule has 2 aromatic heterocycles. The summed E-state index contributed by atoms with van der Waals surface area (Å²) >= 11 is 14.2. The molecule has 0 amide bonds. The lowest BCUT2D eigenvalue weighted by molar-refractivity contribution is 0.545. The van der Waals surface area contributed by atoms with Gasteiger partial charge in [0.15, 0.2) is 5.13 Å². The summed E-state index contributed by atoms with van der Waals surface area (Å²) in [6, 6.07) is 11.9. The summed E-state index contributed by atoms with van der Waals surface area (Å²) in [5.41, 5.74) is 10.4. The maximum absolute atomic E-state index is 6.30. The van der Waals surface area contributed by atoms with E-state index in [2.05, 4.69) is 27.3 Å². The molecule has 0 aliphatic carbocycles. The number of thiazole rings is 1. The Morgan fingerprint density at radius 2 is 2.03 bits per heavy atom. The van der Waals surface area contributed by atoms with Crippen LogP contribution < -0.4 is 16.0 Å². The lowest BCUT2D eigenvalue weighted by Gasteiger charge is -2.33. The van der Waals surface area contributed by atoms with Crippen LogP contribution >= 0.6 is 34.5 Å². The van der Waals surface area contributed by atoms with E-state index >= 15 is 0 Å². The molecule has 0 saturated carbocycles. The molecule has 0 fully saturated rings. The summed E-state index contributed by atoms with van der Waals surface area (Å²) in [5, 5.41) is 7.22. The van der Waals surface area contributed by atoms with E-state index in [0.717, 1.165) is 57.1 Å². The number of fused-ring (bicyclic) bond motifs is 4. The highest BCUT2D eigenvalue weighted by atomic mass is 35.5. The van der Waals surface area contributed by atoms with E-state index in [-0.39, 0.29) is 0 Å². The van der Waals surface area contributed by atoms with Crippen LogP contribution in [0.15, 0.2) is 36.4 Å². The van der Waals surface area contributed by atoms with Crippen molar-refractivity contribution in [2.45, 2.75) is 12.5 Å². The Hall–Kier alpha value is -1.83. The van der Waals surface area contributed by atoms with E-state index < -0.39 is 0 Å². The Kier molecular flexibility index (Phi) is 5.14. The third-order valence-corrected chi connectivity index (χ3v) is 6.95. The van der Waals surface area contributed by atoms with Crippen molar-refractivity contribution >= 4 is 60.8 Å². The topological polar surface area (TPSA) is 70.0 Å². The highest BCUT2D eigenvalue weighted by Crippen LogP contribution is 2.39. The standard InChI is InChI=1S/C21H21Cl2N5S/c22-13-1-3-16-15(7-13)20-12(9-25-6-5-24)10-28(11-18(20)26-16)21-27-17-4-2-14(23)8-19(17)29-21/h1-4,7-8,12,25-26H,5-6,9-11,24H2. The number of halogens is 2. The normalized spacial score (nSPS) is 16.7. The summed E-state index contributed by atoms with van der Waals surface area (Å²) in [5.74, 6) is 0.313. The van der Waals surface area contributed by atoms with Crippen LogP contribution in [-0.2, 0) is 6.54 Å². The van der Waals surface area contributed by atoms with Crippen LogP contribution in [0.1, 0.15) is 17.2 Å². The molecule has 1 aliphatic rings. The number of nitrogens with one attached hydrogen (secondary N) is 2. The largest absolute Gasteiger partial charge is 0.357 e. The second-order valence-electron chi connectivity index (χ2n) is 7.39. The number of aromatic nitrogens is 2. The molecule has 3 heterocycles. The number of aromatic amines is 1. The molecule has 0 saturated heterocycles. The lowest BCUT2D eigenvalue weighted by atomic mass is 9.92. The monoisotopic (exact) mass is 445 g/mol. The molecule has 4 aromatic rings. The summed E-state index contributed by atoms with van der Waals surface area (Å²) in [7, 11) is 0. The minimum atomic E-state index is 0.313. The number of anilines is 1. The highest BCUT2D eigenvalue weighted by Gasteiger charge is 2.30. The summed E-state index contributed by atoms with van der Waals surface area (Å²) < 4.78 is 1.11. The van der Waals surface area contributed by atoms with Crippen molar-refractivity contribution in [3.63, 3.8) is 0 Å². The Balaban J connectivity index is 1.55. The zero-order valence-corrected chi connectivity index (χ0v) is 18.0. The van der Waals surface area contributed by atoms with Crippen molar-refractivity contribution in [2.75, 3.05) is 31.1 Å². The first kappa shape index (κ1) is 19.2. The highest BCUT2D eigenvalue weighted by molar-refractivity contribution is 7.22. The van der Waals surface area contributed by atoms with E-state index in [9.17, 15) is 0 Å². The molecule has 8 heteroatoms. The van der Waals surface area contributed by atoms with Gasteiger partial charge in [-0.3, -0.25) is 0 Å². The first-order valence-electron chi connectivity index (χ1n) is 9.64. The van der Waals surface area contributed by atoms with Gasteiger partial charge >= 0.3 is 0 Å². The Morgan fingerprint density at radius 1 is 1.21 bits per heavy atom. The van der Waals surface area contributed by atoms with Crippen molar-refractivity contribution < 1.29 is 0 Å². The van der Waals surface area contributed by atoms with Crippen molar-refractivity contribution in [3.8, 4) is 0 Å². The minimum absolute atomic E-state index is 0.313. The van der Waals surface area contributed by atoms with Gasteiger partial charge in [0.2, 0.25) is 0 Å². The van der Waals surface area contributed by atoms with Crippen LogP contribution in [0.25, 0.3) is 21.1 Å². The molecule has 5 rings (SSSR count). The van der Waals surface area contributed by atoms with Crippen molar-refractivity contribution in [1.82, 2.24) is 15.3 Å². The number of rotatable bonds is 5. The molecule has 1 unspecified atom stereocenters. The van der Waals surface area contributed by atoms with Crippen LogP contribution in [0.3, 0.4) is 0 Å². The molecule has 0 radical (unpaired) electrons. The number of hydrogen-bond acceptors (Lipinski definition) is 5. The fourth-order valence-corrected chi connectivity index (χ4v) is 5.58. The fourth-order valence-electron chi connectivity index (χ4n) is 4.16. The molecule has 29 heavy (non-hydrogen) atoms. The molecule has 4 N–H and O–H groups in total. The summed E-state index contributed by atoms with van der Waals surface area (Å²) in [4.78, 5) is 10.8. The molecule has 2 aromatic carbocycles. The first-order chi connectivity index (χ1) is 14.1. The lowest BCUT2D eigenvalue weighted by Crippen LogP contribution is -2.38. The van der Waals surface area contributed by atoms with Gasteiger partial charge in [0, 0.05) is 58.7 Å². The van der Waals surface area contributed by atoms with Gasteiger partial charge in [-0.1, -0.05) is 34.5 Å². The van der Waals surface area contributed by atoms with Crippen LogP contribution in [0.4, 0.5) is 5.13 Å². The molecule has 1 aliphatic heterocycles. The fraction of sp³-hybridized carbons (Fsp3) is 0.286. The zero-order chi connectivity index (χ0) is 20.0. The van der Waals surface area contributed by atoms with Crippen LogP contribution in [0.2, 0.25) is 10.0 Å². The number of nitrogens with zero attached hydrogens (tertiary/aromatic N) is 2. The summed E-state index contributed by atoms with van der Waals surface area (Å²) in [6.45, 7) is 3.97. The van der Waals surface area contributed by atoms with Gasteiger partial charge in [0.25, 0.3) is 0 Å². The third-order valence-electron chi connectivity index (χ3n) is 5.40. The molecular weight excluding hydrogens is 425 g/mol. The van der Waals surface area contributed by atoms with Crippen LogP contribution in [-0.4, -0.2) is 36.1 Å². The predicted molar refractivity (Wildman–Crippen MR) is 124 cm³/mol. The van der Waals surface area contributed by atoms with Crippen molar-refractivity contribution in [3.05, 3.63) is 57.7 Å². The molecular formula is C21H21Cl2N5S. The van der Waals surface area contributed by atoms with E-state index in [1.165, 1.54) is 16.6 Å². The van der Waals surface area contributed by atoms with Crippen molar-refractivity contribution in [1.29, 1.82) is 0 Å². The summed E-state index contributed by atoms with van der Waals surface area (Å²) in [6.07, 6.45) is 0. The SMILES string of the molecule is NCCNCC1CN(c2nc3ccc(Cl)cc3s2)Cc2[nH]c3ccc(Cl)cc3c21. The molecule has 150 valence electrons. The zero-order valence-electron chi connectivity index (χ0n) is 15.7. The van der Waals surface area contributed by atoms with E-state index in [1.54, 1.807) is 11.3 Å². The van der Waals surface area contributed by atoms with Gasteiger partial charge in [-0.05, 0) is 42.0 Å². The quantitative estimate of drug-likeness (QED) is 0.388. The molecule has 0 bridgehead atoms. The number of H-pyrrole nitrogens is 1. The third kappa shape index (κ3) is 3.60. The van der Waals surface area contributed by atoms with E-state index in [1.807, 2.05) is 24.3 Å². The van der Waals surface area contributed by atoms with Gasteiger partial charge in [-0.25, -0.2) is 4.98 Å². The minimum Gasteiger partial charge on any atom is -0.357 e. The molecule has 5 nitrogen and oxygen atoms in total. The second-order valence-corrected chi connectivity index (χ2v) is 9.27. The Morgan fingerprint density at radius 3 is 2.90 bits per heavy atom. The molecule has 0 spiro atoms. The van der Waals surface area contributed by atoms with E-state index in [4.69, 9.17) is 33.9 Å². The first-order valence-corrected chi connectivity index (χ1v) is 11.2. The van der Waals surface area contributed by atoms with Gasteiger partial charge in [0.05, 0.1) is 16.8 Å². The molecule has 1 atom stereocenters. The Labute approximate surface area is 182 Å². The van der Waals surface area contributed by atoms with Gasteiger partial charge in [-0.15, -0.1) is 0 Å². The average Bonchev–Trinajstić information content (AvgIpc) is 3.28. The maximum atomic E-state index is 6.30. The number of hydrogen-bond donors (Lipinski definition) is 3. The number of benzene rings is 2. The van der Waals surface area contributed by atoms with E-state index in [0.29, 0.717) is 12.5 Å². The van der Waals surface area contributed by atoms with Gasteiger partial charge in [0.1, 0.15) is 0 Å². The smallest absolute Gasteiger partial charge is 0.186 e. The number of nitrogens with two attached hydrogens (primary N) is 1. The van der Waals surface area contributed by atoms with Crippen LogP contribution in [0, 0.1) is 0 Å². The average molecular weight is 446 g/mol.